The van der Waals surface area contributed by atoms with Crippen molar-refractivity contribution in [1.82, 2.24) is 10.3 Å². The lowest BCUT2D eigenvalue weighted by molar-refractivity contribution is -0.143. The average molecular weight is 356 g/mol. The Labute approximate surface area is 155 Å². The van der Waals surface area contributed by atoms with Crippen molar-refractivity contribution in [3.05, 3.63) is 42.1 Å². The molecule has 0 bridgehead atoms. The first-order valence-electron chi connectivity index (χ1n) is 9.40. The third-order valence-corrected chi connectivity index (χ3v) is 4.47. The zero-order valence-corrected chi connectivity index (χ0v) is 15.7. The minimum Gasteiger partial charge on any atom is -0.467 e. The second-order valence-corrected chi connectivity index (χ2v) is 6.49. The molecule has 1 atom stereocenters. The van der Waals surface area contributed by atoms with E-state index in [1.54, 1.807) is 6.07 Å². The number of para-hydroxylation sites is 1. The van der Waals surface area contributed by atoms with Crippen molar-refractivity contribution in [3.8, 4) is 0 Å². The molecule has 0 saturated heterocycles. The van der Waals surface area contributed by atoms with Crippen molar-refractivity contribution >= 4 is 22.8 Å². The van der Waals surface area contributed by atoms with Crippen LogP contribution in [-0.2, 0) is 9.53 Å². The lowest BCUT2D eigenvalue weighted by Gasteiger charge is -2.16. The summed E-state index contributed by atoms with van der Waals surface area (Å²) in [5, 5.41) is 3.75. The van der Waals surface area contributed by atoms with Crippen LogP contribution in [0.5, 0.6) is 0 Å². The summed E-state index contributed by atoms with van der Waals surface area (Å²) in [6.07, 6.45) is 7.34. The number of esters is 1. The number of hydrogen-bond acceptors (Lipinski definition) is 4. The van der Waals surface area contributed by atoms with Gasteiger partial charge in [0.15, 0.2) is 0 Å². The second kappa shape index (κ2) is 10.5. The molecule has 0 radical (unpaired) electrons. The van der Waals surface area contributed by atoms with E-state index in [0.717, 1.165) is 30.2 Å². The number of unbranched alkanes of at least 4 members (excludes halogenated alkanes) is 5. The Hall–Kier alpha value is -2.43. The predicted molar refractivity (Wildman–Crippen MR) is 103 cm³/mol. The Balaban J connectivity index is 1.95. The minimum absolute atomic E-state index is 0.306. The number of methoxy groups -OCH3 is 1. The van der Waals surface area contributed by atoms with E-state index in [1.807, 2.05) is 30.3 Å². The first kappa shape index (κ1) is 19.9. The van der Waals surface area contributed by atoms with Crippen molar-refractivity contribution in [2.24, 2.45) is 0 Å². The molecule has 5 nitrogen and oxygen atoms in total. The van der Waals surface area contributed by atoms with Gasteiger partial charge in [0.05, 0.1) is 12.6 Å². The summed E-state index contributed by atoms with van der Waals surface area (Å²) in [7, 11) is 1.34. The van der Waals surface area contributed by atoms with E-state index >= 15 is 0 Å². The number of carbonyl (C=O) groups is 2. The molecule has 2 rings (SSSR count). The van der Waals surface area contributed by atoms with Crippen LogP contribution >= 0.6 is 0 Å². The van der Waals surface area contributed by atoms with Crippen LogP contribution in [0.2, 0.25) is 0 Å². The van der Waals surface area contributed by atoms with Crippen LogP contribution in [0.15, 0.2) is 36.4 Å². The summed E-state index contributed by atoms with van der Waals surface area (Å²) in [5.74, 6) is -0.759. The topological polar surface area (TPSA) is 68.3 Å². The third-order valence-electron chi connectivity index (χ3n) is 4.47. The van der Waals surface area contributed by atoms with E-state index in [-0.39, 0.29) is 5.91 Å². The summed E-state index contributed by atoms with van der Waals surface area (Å²) in [6.45, 7) is 2.18. The van der Waals surface area contributed by atoms with E-state index in [0.29, 0.717) is 12.1 Å². The highest BCUT2D eigenvalue weighted by molar-refractivity contribution is 5.97. The van der Waals surface area contributed by atoms with E-state index in [2.05, 4.69) is 17.2 Å². The number of fused-ring (bicyclic) bond motifs is 1. The maximum Gasteiger partial charge on any atom is 0.328 e. The number of rotatable bonds is 10. The van der Waals surface area contributed by atoms with Gasteiger partial charge in [0, 0.05) is 5.39 Å². The zero-order valence-electron chi connectivity index (χ0n) is 15.7. The number of nitrogens with one attached hydrogen (secondary N) is 1. The highest BCUT2D eigenvalue weighted by atomic mass is 16.5. The van der Waals surface area contributed by atoms with E-state index in [1.165, 1.54) is 26.4 Å². The van der Waals surface area contributed by atoms with Crippen LogP contribution in [0.1, 0.15) is 62.4 Å². The van der Waals surface area contributed by atoms with Crippen molar-refractivity contribution in [1.29, 1.82) is 0 Å². The van der Waals surface area contributed by atoms with Crippen molar-refractivity contribution in [2.45, 2.75) is 57.9 Å². The molecule has 0 aliphatic carbocycles. The van der Waals surface area contributed by atoms with Crippen LogP contribution < -0.4 is 5.32 Å². The van der Waals surface area contributed by atoms with Gasteiger partial charge in [-0.1, -0.05) is 69.7 Å². The number of hydrogen-bond donors (Lipinski definition) is 1. The molecule has 1 aromatic heterocycles. The summed E-state index contributed by atoms with van der Waals surface area (Å²) < 4.78 is 4.84. The SMILES string of the molecule is CCCCCCCC[C@H](NC(=O)c1ccc2ccccc2n1)C(=O)OC. The molecule has 0 aliphatic rings. The van der Waals surface area contributed by atoms with Crippen LogP contribution in [0.4, 0.5) is 0 Å². The fourth-order valence-corrected chi connectivity index (χ4v) is 2.94. The standard InChI is InChI=1S/C21H28N2O3/c1-3-4-5-6-7-8-13-19(21(25)26-2)23-20(24)18-15-14-16-11-9-10-12-17(16)22-18/h9-12,14-15,19H,3-8,13H2,1-2H3,(H,23,24)/t19-/m0/s1. The van der Waals surface area contributed by atoms with Gasteiger partial charge in [-0.25, -0.2) is 9.78 Å². The Kier molecular flexibility index (Phi) is 8.06. The van der Waals surface area contributed by atoms with Crippen molar-refractivity contribution < 1.29 is 14.3 Å². The molecule has 26 heavy (non-hydrogen) atoms. The van der Waals surface area contributed by atoms with Gasteiger partial charge in [0.25, 0.3) is 5.91 Å². The van der Waals surface area contributed by atoms with E-state index in [4.69, 9.17) is 4.74 Å². The predicted octanol–water partition coefficient (Wildman–Crippen LogP) is 4.26. The van der Waals surface area contributed by atoms with Gasteiger partial charge in [-0.05, 0) is 18.6 Å². The number of pyridine rings is 1. The molecule has 2 aromatic rings. The molecule has 0 unspecified atom stereocenters. The summed E-state index contributed by atoms with van der Waals surface area (Å²) in [5.41, 5.74) is 1.06. The molecule has 0 spiro atoms. The maximum atomic E-state index is 12.5. The molecule has 140 valence electrons. The fraction of sp³-hybridized carbons (Fsp3) is 0.476. The lowest BCUT2D eigenvalue weighted by Crippen LogP contribution is -2.41. The molecule has 0 fully saturated rings. The Morgan fingerprint density at radius 3 is 2.54 bits per heavy atom. The van der Waals surface area contributed by atoms with Gasteiger partial charge in [0.1, 0.15) is 11.7 Å². The molecule has 5 heteroatoms. The molecule has 1 amide bonds. The van der Waals surface area contributed by atoms with Crippen LogP contribution in [0.25, 0.3) is 10.9 Å². The smallest absolute Gasteiger partial charge is 0.328 e. The molecule has 1 N–H and O–H groups in total. The van der Waals surface area contributed by atoms with Gasteiger partial charge in [-0.15, -0.1) is 0 Å². The Morgan fingerprint density at radius 2 is 1.77 bits per heavy atom. The summed E-state index contributed by atoms with van der Waals surface area (Å²) >= 11 is 0. The Bertz CT molecular complexity index is 730. The first-order chi connectivity index (χ1) is 12.7. The van der Waals surface area contributed by atoms with E-state index in [9.17, 15) is 9.59 Å². The van der Waals surface area contributed by atoms with Crippen LogP contribution in [0.3, 0.4) is 0 Å². The number of nitrogens with zero attached hydrogens (tertiary/aromatic N) is 1. The number of ether oxygens (including phenoxy) is 1. The summed E-state index contributed by atoms with van der Waals surface area (Å²) in [6, 6.07) is 10.5. The van der Waals surface area contributed by atoms with E-state index < -0.39 is 12.0 Å². The number of amides is 1. The van der Waals surface area contributed by atoms with Crippen molar-refractivity contribution in [3.63, 3.8) is 0 Å². The molecular formula is C21H28N2O3. The molecule has 0 aliphatic heterocycles. The second-order valence-electron chi connectivity index (χ2n) is 6.49. The van der Waals surface area contributed by atoms with Crippen LogP contribution in [-0.4, -0.2) is 30.0 Å². The summed E-state index contributed by atoms with van der Waals surface area (Å²) in [4.78, 5) is 28.9. The number of carbonyl (C=O) groups excluding carboxylic acids is 2. The Morgan fingerprint density at radius 1 is 1.04 bits per heavy atom. The number of benzene rings is 1. The normalized spacial score (nSPS) is 11.9. The number of aromatic nitrogens is 1. The van der Waals surface area contributed by atoms with Gasteiger partial charge in [0.2, 0.25) is 0 Å². The average Bonchev–Trinajstić information content (AvgIpc) is 2.68. The lowest BCUT2D eigenvalue weighted by atomic mass is 10.1. The van der Waals surface area contributed by atoms with Crippen LogP contribution in [0, 0.1) is 0 Å². The van der Waals surface area contributed by atoms with Crippen molar-refractivity contribution in [2.75, 3.05) is 7.11 Å². The third kappa shape index (κ3) is 5.83. The first-order valence-corrected chi connectivity index (χ1v) is 9.40. The molecule has 1 aromatic carbocycles. The highest BCUT2D eigenvalue weighted by Crippen LogP contribution is 2.13. The van der Waals surface area contributed by atoms with Gasteiger partial charge < -0.3 is 10.1 Å². The largest absolute Gasteiger partial charge is 0.467 e. The quantitative estimate of drug-likeness (QED) is 0.510. The minimum atomic E-state index is -0.632. The highest BCUT2D eigenvalue weighted by Gasteiger charge is 2.22. The van der Waals surface area contributed by atoms with Gasteiger partial charge in [-0.3, -0.25) is 4.79 Å². The fourth-order valence-electron chi connectivity index (χ4n) is 2.94. The zero-order chi connectivity index (χ0) is 18.8. The monoisotopic (exact) mass is 356 g/mol. The van der Waals surface area contributed by atoms with Gasteiger partial charge in [-0.2, -0.15) is 0 Å². The molecular weight excluding hydrogens is 328 g/mol. The maximum absolute atomic E-state index is 12.5. The van der Waals surface area contributed by atoms with Gasteiger partial charge >= 0.3 is 5.97 Å². The molecule has 1 heterocycles. The molecule has 0 saturated carbocycles.